The molecule has 0 aliphatic heterocycles. The molecule has 0 saturated heterocycles. The van der Waals surface area contributed by atoms with Crippen molar-refractivity contribution in [1.29, 1.82) is 0 Å². The molecule has 0 saturated carbocycles. The fourth-order valence-electron chi connectivity index (χ4n) is 4.52. The molecular formula is C27H26N2O4. The van der Waals surface area contributed by atoms with Crippen molar-refractivity contribution in [2.75, 3.05) is 7.11 Å². The lowest BCUT2D eigenvalue weighted by Gasteiger charge is -2.27. The number of ether oxygens (including phenoxy) is 1. The molecule has 0 bridgehead atoms. The minimum Gasteiger partial charge on any atom is -0.467 e. The predicted octanol–water partition coefficient (Wildman–Crippen LogP) is 3.20. The van der Waals surface area contributed by atoms with Crippen LogP contribution in [0.1, 0.15) is 29.5 Å². The third-order valence-corrected chi connectivity index (χ3v) is 5.94. The van der Waals surface area contributed by atoms with Crippen LogP contribution in [-0.4, -0.2) is 37.0 Å². The van der Waals surface area contributed by atoms with Gasteiger partial charge in [0.15, 0.2) is 0 Å². The minimum absolute atomic E-state index is 0.304. The SMILES string of the molecule is COC(=O)[C@H](NC(=O)[C@H](Cc1ccccc1)NC(C)=O)C1c2ccccc2-c2ccccc21. The Balaban J connectivity index is 1.67. The zero-order valence-electron chi connectivity index (χ0n) is 18.6. The summed E-state index contributed by atoms with van der Waals surface area (Å²) in [5, 5.41) is 5.61. The molecule has 0 aromatic heterocycles. The first-order chi connectivity index (χ1) is 16.0. The van der Waals surface area contributed by atoms with E-state index in [1.807, 2.05) is 78.9 Å². The highest BCUT2D eigenvalue weighted by atomic mass is 16.5. The van der Waals surface area contributed by atoms with E-state index in [0.717, 1.165) is 27.8 Å². The predicted molar refractivity (Wildman–Crippen MR) is 125 cm³/mol. The second kappa shape index (κ2) is 9.69. The molecular weight excluding hydrogens is 416 g/mol. The normalized spacial score (nSPS) is 13.9. The van der Waals surface area contributed by atoms with Crippen molar-refractivity contribution in [3.8, 4) is 11.1 Å². The Hall–Kier alpha value is -3.93. The number of nitrogens with one attached hydrogen (secondary N) is 2. The van der Waals surface area contributed by atoms with Gasteiger partial charge in [0.25, 0.3) is 0 Å². The van der Waals surface area contributed by atoms with Crippen molar-refractivity contribution >= 4 is 17.8 Å². The van der Waals surface area contributed by atoms with Gasteiger partial charge in [0, 0.05) is 19.3 Å². The average Bonchev–Trinajstić information content (AvgIpc) is 3.16. The Labute approximate surface area is 193 Å². The van der Waals surface area contributed by atoms with Crippen LogP contribution in [-0.2, 0) is 25.5 Å². The van der Waals surface area contributed by atoms with Crippen LogP contribution in [0, 0.1) is 0 Å². The van der Waals surface area contributed by atoms with Crippen LogP contribution in [0.25, 0.3) is 11.1 Å². The Kier molecular flexibility index (Phi) is 6.54. The van der Waals surface area contributed by atoms with Gasteiger partial charge in [0.2, 0.25) is 11.8 Å². The van der Waals surface area contributed by atoms with Gasteiger partial charge in [-0.3, -0.25) is 9.59 Å². The van der Waals surface area contributed by atoms with Crippen molar-refractivity contribution in [2.24, 2.45) is 0 Å². The lowest BCUT2D eigenvalue weighted by atomic mass is 9.89. The molecule has 3 aromatic rings. The van der Waals surface area contributed by atoms with E-state index in [4.69, 9.17) is 4.74 Å². The summed E-state index contributed by atoms with van der Waals surface area (Å²) in [6, 6.07) is 23.4. The molecule has 6 heteroatoms. The molecule has 2 amide bonds. The number of carbonyl (C=O) groups is 3. The molecule has 1 aliphatic rings. The molecule has 168 valence electrons. The van der Waals surface area contributed by atoms with E-state index in [2.05, 4.69) is 10.6 Å². The van der Waals surface area contributed by atoms with Gasteiger partial charge >= 0.3 is 5.97 Å². The van der Waals surface area contributed by atoms with Gasteiger partial charge in [-0.1, -0.05) is 78.9 Å². The zero-order chi connectivity index (χ0) is 23.4. The molecule has 2 N–H and O–H groups in total. The summed E-state index contributed by atoms with van der Waals surface area (Å²) in [6.45, 7) is 1.37. The van der Waals surface area contributed by atoms with E-state index >= 15 is 0 Å². The van der Waals surface area contributed by atoms with Gasteiger partial charge in [0.1, 0.15) is 12.1 Å². The minimum atomic E-state index is -0.945. The third-order valence-electron chi connectivity index (χ3n) is 5.94. The standard InChI is InChI=1S/C27H26N2O4/c1-17(30)28-23(16-18-10-4-3-5-11-18)26(31)29-25(27(32)33-2)24-21-14-8-6-12-19(21)20-13-7-9-15-22(20)24/h3-15,23-25H,16H2,1-2H3,(H,28,30)(H,29,31)/t23-,25+/m0/s1. The summed E-state index contributed by atoms with van der Waals surface area (Å²) in [4.78, 5) is 38.1. The lowest BCUT2D eigenvalue weighted by Crippen LogP contribution is -2.54. The Bertz CT molecular complexity index is 1130. The number of esters is 1. The van der Waals surface area contributed by atoms with Crippen LogP contribution in [0.15, 0.2) is 78.9 Å². The maximum Gasteiger partial charge on any atom is 0.329 e. The number of hydrogen-bond donors (Lipinski definition) is 2. The Morgan fingerprint density at radius 2 is 1.36 bits per heavy atom. The summed E-state index contributed by atoms with van der Waals surface area (Å²) in [7, 11) is 1.31. The number of amides is 2. The summed E-state index contributed by atoms with van der Waals surface area (Å²) in [6.07, 6.45) is 0.304. The molecule has 4 rings (SSSR count). The highest BCUT2D eigenvalue weighted by Crippen LogP contribution is 2.46. The number of methoxy groups -OCH3 is 1. The molecule has 0 unspecified atom stereocenters. The van der Waals surface area contributed by atoms with Crippen molar-refractivity contribution < 1.29 is 19.1 Å². The van der Waals surface area contributed by atoms with E-state index in [1.54, 1.807) is 0 Å². The molecule has 2 atom stereocenters. The highest BCUT2D eigenvalue weighted by Gasteiger charge is 2.40. The van der Waals surface area contributed by atoms with Crippen LogP contribution in [0.4, 0.5) is 0 Å². The van der Waals surface area contributed by atoms with E-state index in [1.165, 1.54) is 14.0 Å². The van der Waals surface area contributed by atoms with Crippen molar-refractivity contribution in [2.45, 2.75) is 31.3 Å². The summed E-state index contributed by atoms with van der Waals surface area (Å²) in [5.74, 6) is -1.70. The van der Waals surface area contributed by atoms with Crippen LogP contribution in [0.3, 0.4) is 0 Å². The molecule has 6 nitrogen and oxygen atoms in total. The second-order valence-electron chi connectivity index (χ2n) is 8.10. The second-order valence-corrected chi connectivity index (χ2v) is 8.10. The summed E-state index contributed by atoms with van der Waals surface area (Å²) < 4.78 is 5.09. The monoisotopic (exact) mass is 442 g/mol. The highest BCUT2D eigenvalue weighted by molar-refractivity contribution is 5.92. The number of carbonyl (C=O) groups excluding carboxylic acids is 3. The van der Waals surface area contributed by atoms with Gasteiger partial charge in [-0.15, -0.1) is 0 Å². The Morgan fingerprint density at radius 1 is 0.818 bits per heavy atom. The molecule has 0 fully saturated rings. The largest absolute Gasteiger partial charge is 0.467 e. The van der Waals surface area contributed by atoms with Gasteiger partial charge in [-0.2, -0.15) is 0 Å². The number of fused-ring (bicyclic) bond motifs is 3. The molecule has 0 radical (unpaired) electrons. The van der Waals surface area contributed by atoms with Gasteiger partial charge in [-0.05, 0) is 27.8 Å². The van der Waals surface area contributed by atoms with Crippen molar-refractivity contribution in [3.63, 3.8) is 0 Å². The maximum absolute atomic E-state index is 13.4. The van der Waals surface area contributed by atoms with Crippen molar-refractivity contribution in [1.82, 2.24) is 10.6 Å². The first kappa shape index (κ1) is 22.3. The fraction of sp³-hybridized carbons (Fsp3) is 0.222. The number of hydrogen-bond acceptors (Lipinski definition) is 4. The maximum atomic E-state index is 13.4. The van der Waals surface area contributed by atoms with Crippen LogP contribution in [0.5, 0.6) is 0 Å². The third kappa shape index (κ3) is 4.65. The topological polar surface area (TPSA) is 84.5 Å². The van der Waals surface area contributed by atoms with Gasteiger partial charge in [-0.25, -0.2) is 4.79 Å². The molecule has 3 aromatic carbocycles. The molecule has 1 aliphatic carbocycles. The number of benzene rings is 3. The fourth-order valence-corrected chi connectivity index (χ4v) is 4.52. The zero-order valence-corrected chi connectivity index (χ0v) is 18.6. The average molecular weight is 443 g/mol. The van der Waals surface area contributed by atoms with Gasteiger partial charge in [0.05, 0.1) is 7.11 Å². The first-order valence-corrected chi connectivity index (χ1v) is 10.9. The quantitative estimate of drug-likeness (QED) is 0.551. The van der Waals surface area contributed by atoms with E-state index in [-0.39, 0.29) is 5.91 Å². The number of rotatable bonds is 7. The molecule has 0 heterocycles. The van der Waals surface area contributed by atoms with Crippen molar-refractivity contribution in [3.05, 3.63) is 95.6 Å². The van der Waals surface area contributed by atoms with Crippen LogP contribution in [0.2, 0.25) is 0 Å². The van der Waals surface area contributed by atoms with E-state index in [9.17, 15) is 14.4 Å². The van der Waals surface area contributed by atoms with Gasteiger partial charge < -0.3 is 15.4 Å². The van der Waals surface area contributed by atoms with E-state index < -0.39 is 29.9 Å². The Morgan fingerprint density at radius 3 is 1.91 bits per heavy atom. The lowest BCUT2D eigenvalue weighted by molar-refractivity contribution is -0.145. The van der Waals surface area contributed by atoms with Crippen LogP contribution < -0.4 is 10.6 Å². The molecule has 0 spiro atoms. The van der Waals surface area contributed by atoms with Crippen LogP contribution >= 0.6 is 0 Å². The summed E-state index contributed by atoms with van der Waals surface area (Å²) in [5.41, 5.74) is 4.87. The smallest absolute Gasteiger partial charge is 0.329 e. The van der Waals surface area contributed by atoms with E-state index in [0.29, 0.717) is 6.42 Å². The first-order valence-electron chi connectivity index (χ1n) is 10.9. The molecule has 33 heavy (non-hydrogen) atoms. The summed E-state index contributed by atoms with van der Waals surface area (Å²) >= 11 is 0.